The van der Waals surface area contributed by atoms with Crippen LogP contribution in [-0.2, 0) is 11.3 Å². The molecule has 2 amide bonds. The molecular formula is C33H30ClN7O2S2. The van der Waals surface area contributed by atoms with Gasteiger partial charge in [-0.25, -0.2) is 9.48 Å². The van der Waals surface area contributed by atoms with Crippen LogP contribution in [0.25, 0.3) is 22.7 Å². The number of nitrogens with zero attached hydrogens (tertiary/aromatic N) is 5. The van der Waals surface area contributed by atoms with E-state index in [1.165, 1.54) is 0 Å². The van der Waals surface area contributed by atoms with Gasteiger partial charge < -0.3 is 10.4 Å². The summed E-state index contributed by atoms with van der Waals surface area (Å²) in [5, 5.41) is 30.4. The summed E-state index contributed by atoms with van der Waals surface area (Å²) in [6.07, 6.45) is 3.98. The first-order chi connectivity index (χ1) is 21.7. The Morgan fingerprint density at radius 3 is 2.51 bits per heavy atom. The Kier molecular flexibility index (Phi) is 8.75. The number of benzene rings is 3. The number of carbonyl (C=O) groups excluding carboxylic acids is 1. The number of halogens is 1. The Bertz CT molecular complexity index is 1990. The van der Waals surface area contributed by atoms with E-state index in [2.05, 4.69) is 34.7 Å². The van der Waals surface area contributed by atoms with Gasteiger partial charge in [-0.1, -0.05) is 53.7 Å². The summed E-state index contributed by atoms with van der Waals surface area (Å²) >= 11 is 9.37. The molecule has 45 heavy (non-hydrogen) atoms. The fourth-order valence-electron chi connectivity index (χ4n) is 4.64. The molecule has 3 aromatic carbocycles. The topological polar surface area (TPSA) is 109 Å². The standard InChI is InChI=1S/C33H30ClN7O2S2/c1-33(2,44-3)28-18-30(41(39-28)23-14-12-22(34)13-15-23)36-32(43)35-19-21-8-4-7-11-27(21)45-24-16-17-29-37-38-31(40(29)20-24)25-9-5-6-10-26(25)42/h4-18,20,42H,19H2,1-3H3,(H2,35,36,43). The number of amides is 2. The van der Waals surface area contributed by atoms with Gasteiger partial charge in [-0.15, -0.1) is 10.2 Å². The molecule has 0 aliphatic heterocycles. The van der Waals surface area contributed by atoms with Gasteiger partial charge in [0.05, 0.1) is 21.7 Å². The van der Waals surface area contributed by atoms with Crippen LogP contribution in [0.4, 0.5) is 10.6 Å². The number of hydrogen-bond donors (Lipinski definition) is 3. The van der Waals surface area contributed by atoms with Gasteiger partial charge in [0.25, 0.3) is 0 Å². The van der Waals surface area contributed by atoms with Gasteiger partial charge in [-0.2, -0.15) is 16.9 Å². The van der Waals surface area contributed by atoms with Gasteiger partial charge in [0, 0.05) is 33.6 Å². The monoisotopic (exact) mass is 655 g/mol. The van der Waals surface area contributed by atoms with E-state index in [4.69, 9.17) is 16.7 Å². The SMILES string of the molecule is CSC(C)(C)c1cc(NC(=O)NCc2ccccc2Sc2ccc3nnc(-c4ccccc4O)n3c2)n(-c2ccc(Cl)cc2)n1. The van der Waals surface area contributed by atoms with Gasteiger partial charge in [0.1, 0.15) is 11.6 Å². The molecule has 0 fully saturated rings. The van der Waals surface area contributed by atoms with E-state index in [0.29, 0.717) is 34.4 Å². The zero-order chi connectivity index (χ0) is 31.6. The highest BCUT2D eigenvalue weighted by Crippen LogP contribution is 2.35. The van der Waals surface area contributed by atoms with E-state index in [1.807, 2.05) is 83.6 Å². The smallest absolute Gasteiger partial charge is 0.320 e. The maximum absolute atomic E-state index is 13.2. The largest absolute Gasteiger partial charge is 0.507 e. The number of aromatic hydroxyl groups is 1. The van der Waals surface area contributed by atoms with Gasteiger partial charge in [0.2, 0.25) is 0 Å². The number of carbonyl (C=O) groups is 1. The minimum absolute atomic E-state index is 0.139. The maximum atomic E-state index is 13.2. The number of anilines is 1. The molecule has 0 saturated carbocycles. The van der Waals surface area contributed by atoms with Crippen LogP contribution < -0.4 is 10.6 Å². The highest BCUT2D eigenvalue weighted by Gasteiger charge is 2.25. The highest BCUT2D eigenvalue weighted by atomic mass is 35.5. The Morgan fingerprint density at radius 1 is 0.978 bits per heavy atom. The fraction of sp³-hybridized carbons (Fsp3) is 0.152. The van der Waals surface area contributed by atoms with Crippen LogP contribution in [0.3, 0.4) is 0 Å². The first-order valence-electron chi connectivity index (χ1n) is 14.1. The van der Waals surface area contributed by atoms with E-state index < -0.39 is 0 Å². The lowest BCUT2D eigenvalue weighted by atomic mass is 10.1. The van der Waals surface area contributed by atoms with Crippen LogP contribution in [0.2, 0.25) is 5.02 Å². The number of nitrogens with one attached hydrogen (secondary N) is 2. The lowest BCUT2D eigenvalue weighted by Crippen LogP contribution is -2.29. The number of pyridine rings is 1. The molecule has 0 unspecified atom stereocenters. The third-order valence-corrected chi connectivity index (χ3v) is 9.89. The average molecular weight is 656 g/mol. The minimum atomic E-state index is -0.350. The van der Waals surface area contributed by atoms with Crippen molar-refractivity contribution in [2.24, 2.45) is 0 Å². The van der Waals surface area contributed by atoms with E-state index in [-0.39, 0.29) is 16.5 Å². The maximum Gasteiger partial charge on any atom is 0.320 e. The predicted molar refractivity (Wildman–Crippen MR) is 182 cm³/mol. The second-order valence-corrected chi connectivity index (χ2v) is 13.6. The van der Waals surface area contributed by atoms with Crippen LogP contribution >= 0.6 is 35.1 Å². The van der Waals surface area contributed by atoms with Crippen molar-refractivity contribution >= 4 is 52.6 Å². The molecule has 0 saturated heterocycles. The highest BCUT2D eigenvalue weighted by molar-refractivity contribution is 7.99. The summed E-state index contributed by atoms with van der Waals surface area (Å²) in [6.45, 7) is 4.50. The minimum Gasteiger partial charge on any atom is -0.507 e. The number of rotatable bonds is 9. The summed E-state index contributed by atoms with van der Waals surface area (Å²) in [5.41, 5.74) is 3.86. The van der Waals surface area contributed by atoms with Crippen molar-refractivity contribution in [2.45, 2.75) is 34.9 Å². The van der Waals surface area contributed by atoms with Crippen molar-refractivity contribution in [3.8, 4) is 22.8 Å². The average Bonchev–Trinajstić information content (AvgIpc) is 3.66. The van der Waals surface area contributed by atoms with Crippen molar-refractivity contribution in [3.63, 3.8) is 0 Å². The summed E-state index contributed by atoms with van der Waals surface area (Å²) in [7, 11) is 0. The molecule has 228 valence electrons. The van der Waals surface area contributed by atoms with Crippen LogP contribution in [0.1, 0.15) is 25.1 Å². The van der Waals surface area contributed by atoms with E-state index in [0.717, 1.165) is 26.7 Å². The summed E-state index contributed by atoms with van der Waals surface area (Å²) in [6, 6.07) is 27.7. The van der Waals surface area contributed by atoms with Crippen molar-refractivity contribution in [2.75, 3.05) is 11.6 Å². The van der Waals surface area contributed by atoms with Crippen LogP contribution in [0, 0.1) is 0 Å². The van der Waals surface area contributed by atoms with Crippen LogP contribution in [0.15, 0.2) is 107 Å². The second kappa shape index (κ2) is 12.9. The third kappa shape index (κ3) is 6.65. The number of thioether (sulfide) groups is 1. The molecule has 3 N–H and O–H groups in total. The first kappa shape index (κ1) is 30.6. The molecule has 9 nitrogen and oxygen atoms in total. The Labute approximate surface area is 274 Å². The summed E-state index contributed by atoms with van der Waals surface area (Å²) in [5.74, 6) is 1.25. The number of urea groups is 1. The fourth-order valence-corrected chi connectivity index (χ4v) is 6.04. The van der Waals surface area contributed by atoms with Crippen LogP contribution in [0.5, 0.6) is 5.75 Å². The number of aromatic nitrogens is 5. The molecular weight excluding hydrogens is 626 g/mol. The predicted octanol–water partition coefficient (Wildman–Crippen LogP) is 8.01. The lowest BCUT2D eigenvalue weighted by Gasteiger charge is -2.18. The van der Waals surface area contributed by atoms with Crippen molar-refractivity contribution in [3.05, 3.63) is 113 Å². The van der Waals surface area contributed by atoms with Gasteiger partial charge in [0.15, 0.2) is 11.5 Å². The molecule has 0 radical (unpaired) electrons. The zero-order valence-corrected chi connectivity index (χ0v) is 27.1. The summed E-state index contributed by atoms with van der Waals surface area (Å²) < 4.78 is 3.33. The molecule has 0 spiro atoms. The van der Waals surface area contributed by atoms with Crippen molar-refractivity contribution < 1.29 is 9.90 Å². The normalized spacial score (nSPS) is 11.6. The number of phenols is 1. The molecule has 0 bridgehead atoms. The Hall–Kier alpha value is -4.45. The number of fused-ring (bicyclic) bond motifs is 1. The zero-order valence-electron chi connectivity index (χ0n) is 24.7. The molecule has 3 aromatic heterocycles. The molecule has 0 atom stereocenters. The molecule has 0 aliphatic rings. The molecule has 6 aromatic rings. The molecule has 3 heterocycles. The number of para-hydroxylation sites is 1. The second-order valence-electron chi connectivity index (χ2n) is 10.7. The number of phenolic OH excluding ortho intramolecular Hbond substituents is 1. The van der Waals surface area contributed by atoms with E-state index >= 15 is 0 Å². The van der Waals surface area contributed by atoms with Crippen molar-refractivity contribution in [1.82, 2.24) is 29.7 Å². The van der Waals surface area contributed by atoms with E-state index in [9.17, 15) is 9.90 Å². The first-order valence-corrected chi connectivity index (χ1v) is 16.5. The van der Waals surface area contributed by atoms with Gasteiger partial charge >= 0.3 is 6.03 Å². The van der Waals surface area contributed by atoms with Gasteiger partial charge in [-0.3, -0.25) is 9.72 Å². The summed E-state index contributed by atoms with van der Waals surface area (Å²) in [4.78, 5) is 15.1. The third-order valence-electron chi connectivity index (χ3n) is 7.31. The number of hydrogen-bond acceptors (Lipinski definition) is 7. The quantitative estimate of drug-likeness (QED) is 0.145. The lowest BCUT2D eigenvalue weighted by molar-refractivity contribution is 0.251. The Morgan fingerprint density at radius 2 is 1.73 bits per heavy atom. The van der Waals surface area contributed by atoms with E-state index in [1.54, 1.807) is 52.5 Å². The van der Waals surface area contributed by atoms with Crippen LogP contribution in [-0.4, -0.2) is 41.8 Å². The van der Waals surface area contributed by atoms with Crippen molar-refractivity contribution in [1.29, 1.82) is 0 Å². The van der Waals surface area contributed by atoms with Gasteiger partial charge in [-0.05, 0) is 80.3 Å². The molecule has 0 aliphatic carbocycles. The molecule has 6 rings (SSSR count). The Balaban J connectivity index is 1.20. The molecule has 12 heteroatoms.